The van der Waals surface area contributed by atoms with Crippen LogP contribution in [0.15, 0.2) is 30.3 Å². The van der Waals surface area contributed by atoms with E-state index in [4.69, 9.17) is 4.98 Å². The van der Waals surface area contributed by atoms with Crippen LogP contribution in [0, 0.1) is 12.8 Å². The molecule has 5 nitrogen and oxygen atoms in total. The van der Waals surface area contributed by atoms with Gasteiger partial charge in [-0.2, -0.15) is 0 Å². The Morgan fingerprint density at radius 3 is 2.85 bits per heavy atom. The molecule has 2 aromatic rings. The van der Waals surface area contributed by atoms with Gasteiger partial charge in [0.05, 0.1) is 5.56 Å². The normalized spacial score (nSPS) is 16.9. The Balaban J connectivity index is 1.57. The highest BCUT2D eigenvalue weighted by Gasteiger charge is 2.23. The zero-order chi connectivity index (χ0) is 18.1. The van der Waals surface area contributed by atoms with Crippen LogP contribution in [0.2, 0.25) is 0 Å². The van der Waals surface area contributed by atoms with Crippen molar-refractivity contribution in [1.82, 2.24) is 4.98 Å². The molecular weight excluding hydrogens is 324 g/mol. The third-order valence-electron chi connectivity index (χ3n) is 5.42. The minimum absolute atomic E-state index is 0.0861. The van der Waals surface area contributed by atoms with Crippen LogP contribution in [-0.2, 0) is 6.42 Å². The van der Waals surface area contributed by atoms with Crippen molar-refractivity contribution in [3.05, 3.63) is 47.2 Å². The number of piperidine rings is 1. The van der Waals surface area contributed by atoms with Crippen LogP contribution in [0.1, 0.15) is 41.4 Å². The van der Waals surface area contributed by atoms with Gasteiger partial charge in [0.2, 0.25) is 0 Å². The summed E-state index contributed by atoms with van der Waals surface area (Å²) in [4.78, 5) is 19.9. The topological polar surface area (TPSA) is 57.3 Å². The second-order valence-electron chi connectivity index (χ2n) is 7.50. The van der Waals surface area contributed by atoms with E-state index in [0.717, 1.165) is 62.0 Å². The lowest BCUT2D eigenvalue weighted by molar-refractivity contribution is 0.102. The molecule has 5 heteroatoms. The zero-order valence-corrected chi connectivity index (χ0v) is 15.5. The second kappa shape index (κ2) is 6.98. The number of carbonyl (C=O) groups is 1. The van der Waals surface area contributed by atoms with Gasteiger partial charge < -0.3 is 15.5 Å². The molecule has 1 fully saturated rings. The van der Waals surface area contributed by atoms with Crippen LogP contribution in [0.4, 0.5) is 17.2 Å². The number of aryl methyl sites for hydroxylation is 1. The molecule has 0 saturated carbocycles. The quantitative estimate of drug-likeness (QED) is 0.883. The molecule has 2 aliphatic rings. The van der Waals surface area contributed by atoms with Crippen LogP contribution >= 0.6 is 0 Å². The maximum atomic E-state index is 13.0. The zero-order valence-electron chi connectivity index (χ0n) is 15.5. The minimum atomic E-state index is -0.0861. The average Bonchev–Trinajstić information content (AvgIpc) is 3.10. The van der Waals surface area contributed by atoms with Crippen LogP contribution in [0.3, 0.4) is 0 Å². The Bertz CT molecular complexity index is 825. The van der Waals surface area contributed by atoms with Gasteiger partial charge in [-0.3, -0.25) is 4.79 Å². The highest BCUT2D eigenvalue weighted by Crippen LogP contribution is 2.28. The highest BCUT2D eigenvalue weighted by atomic mass is 16.1. The fraction of sp³-hybridized carbons (Fsp3) is 0.429. The molecule has 0 atom stereocenters. The molecule has 1 saturated heterocycles. The second-order valence-corrected chi connectivity index (χ2v) is 7.50. The van der Waals surface area contributed by atoms with Crippen molar-refractivity contribution in [3.63, 3.8) is 0 Å². The molecule has 2 aliphatic heterocycles. The van der Waals surface area contributed by atoms with Gasteiger partial charge in [-0.15, -0.1) is 0 Å². The third kappa shape index (κ3) is 3.39. The number of hydrogen-bond acceptors (Lipinski definition) is 4. The van der Waals surface area contributed by atoms with E-state index < -0.39 is 0 Å². The fourth-order valence-electron chi connectivity index (χ4n) is 3.76. The van der Waals surface area contributed by atoms with E-state index in [1.807, 2.05) is 31.2 Å². The van der Waals surface area contributed by atoms with Crippen molar-refractivity contribution in [2.24, 2.45) is 5.92 Å². The van der Waals surface area contributed by atoms with Gasteiger partial charge >= 0.3 is 0 Å². The summed E-state index contributed by atoms with van der Waals surface area (Å²) >= 11 is 0. The summed E-state index contributed by atoms with van der Waals surface area (Å²) in [5.74, 6) is 1.47. The Kier molecular flexibility index (Phi) is 4.53. The number of carbonyl (C=O) groups excluding carboxylic acids is 1. The molecule has 0 bridgehead atoms. The van der Waals surface area contributed by atoms with Crippen molar-refractivity contribution in [1.29, 1.82) is 0 Å². The summed E-state index contributed by atoms with van der Waals surface area (Å²) < 4.78 is 0. The molecule has 0 aliphatic carbocycles. The minimum Gasteiger partial charge on any atom is -0.384 e. The molecule has 2 N–H and O–H groups in total. The predicted molar refractivity (Wildman–Crippen MR) is 106 cm³/mol. The average molecular weight is 350 g/mol. The lowest BCUT2D eigenvalue weighted by Crippen LogP contribution is -2.35. The monoisotopic (exact) mass is 350 g/mol. The van der Waals surface area contributed by atoms with Crippen molar-refractivity contribution in [3.8, 4) is 0 Å². The summed E-state index contributed by atoms with van der Waals surface area (Å²) in [7, 11) is 0. The number of rotatable bonds is 3. The Labute approximate surface area is 154 Å². The van der Waals surface area contributed by atoms with Crippen molar-refractivity contribution < 1.29 is 4.79 Å². The maximum Gasteiger partial charge on any atom is 0.259 e. The molecule has 1 amide bonds. The number of nitrogens with zero attached hydrogens (tertiary/aromatic N) is 2. The summed E-state index contributed by atoms with van der Waals surface area (Å²) in [6.07, 6.45) is 3.30. The molecule has 136 valence electrons. The van der Waals surface area contributed by atoms with Gasteiger partial charge in [0.15, 0.2) is 0 Å². The summed E-state index contributed by atoms with van der Waals surface area (Å²) in [5, 5.41) is 6.41. The predicted octanol–water partition coefficient (Wildman–Crippen LogP) is 3.85. The van der Waals surface area contributed by atoms with Gasteiger partial charge in [0, 0.05) is 36.7 Å². The molecular formula is C21H26N4O. The van der Waals surface area contributed by atoms with E-state index in [1.165, 1.54) is 11.3 Å². The molecule has 26 heavy (non-hydrogen) atoms. The van der Waals surface area contributed by atoms with Gasteiger partial charge in [-0.25, -0.2) is 4.98 Å². The molecule has 4 rings (SSSR count). The lowest BCUT2D eigenvalue weighted by Gasteiger charge is -2.32. The van der Waals surface area contributed by atoms with E-state index in [-0.39, 0.29) is 5.91 Å². The van der Waals surface area contributed by atoms with Gasteiger partial charge in [-0.1, -0.05) is 6.92 Å². The number of hydrogen-bond donors (Lipinski definition) is 2. The Morgan fingerprint density at radius 1 is 1.23 bits per heavy atom. The molecule has 3 heterocycles. The first-order valence-corrected chi connectivity index (χ1v) is 9.51. The molecule has 0 spiro atoms. The van der Waals surface area contributed by atoms with E-state index in [2.05, 4.69) is 28.5 Å². The van der Waals surface area contributed by atoms with Gasteiger partial charge in [-0.05, 0) is 68.0 Å². The Morgan fingerprint density at radius 2 is 2.04 bits per heavy atom. The molecule has 1 aromatic carbocycles. The maximum absolute atomic E-state index is 13.0. The fourth-order valence-corrected chi connectivity index (χ4v) is 3.76. The van der Waals surface area contributed by atoms with E-state index in [1.54, 1.807) is 0 Å². The van der Waals surface area contributed by atoms with E-state index >= 15 is 0 Å². The number of pyridine rings is 1. The Hall–Kier alpha value is -2.56. The number of fused-ring (bicyclic) bond motifs is 1. The number of aromatic nitrogens is 1. The number of anilines is 3. The highest BCUT2D eigenvalue weighted by molar-refractivity contribution is 6.07. The van der Waals surface area contributed by atoms with Crippen LogP contribution < -0.4 is 15.5 Å². The molecule has 0 unspecified atom stereocenters. The number of amides is 1. The smallest absolute Gasteiger partial charge is 0.259 e. The van der Waals surface area contributed by atoms with Crippen LogP contribution in [0.25, 0.3) is 0 Å². The van der Waals surface area contributed by atoms with Crippen molar-refractivity contribution >= 4 is 23.1 Å². The van der Waals surface area contributed by atoms with E-state index in [0.29, 0.717) is 5.56 Å². The van der Waals surface area contributed by atoms with Gasteiger partial charge in [0.1, 0.15) is 5.82 Å². The van der Waals surface area contributed by atoms with Gasteiger partial charge in [0.25, 0.3) is 5.91 Å². The van der Waals surface area contributed by atoms with Crippen LogP contribution in [0.5, 0.6) is 0 Å². The van der Waals surface area contributed by atoms with Crippen molar-refractivity contribution in [2.45, 2.75) is 33.1 Å². The largest absolute Gasteiger partial charge is 0.384 e. The molecule has 0 radical (unpaired) electrons. The summed E-state index contributed by atoms with van der Waals surface area (Å²) in [6.45, 7) is 7.15. The SMILES string of the molecule is Cc1ccc(C(=O)Nc2ccc3c(c2)CCN3)c(N2CCC(C)CC2)n1. The summed E-state index contributed by atoms with van der Waals surface area (Å²) in [6, 6.07) is 9.88. The van der Waals surface area contributed by atoms with Crippen molar-refractivity contribution in [2.75, 3.05) is 35.2 Å². The lowest BCUT2D eigenvalue weighted by atomic mass is 9.99. The third-order valence-corrected chi connectivity index (χ3v) is 5.42. The summed E-state index contributed by atoms with van der Waals surface area (Å²) in [5.41, 5.74) is 4.87. The first-order chi connectivity index (χ1) is 12.6. The number of benzene rings is 1. The van der Waals surface area contributed by atoms with Crippen LogP contribution in [-0.4, -0.2) is 30.5 Å². The molecule has 1 aromatic heterocycles. The number of nitrogens with one attached hydrogen (secondary N) is 2. The van der Waals surface area contributed by atoms with E-state index in [9.17, 15) is 4.79 Å². The standard InChI is InChI=1S/C21H26N4O/c1-14-8-11-25(12-9-14)20-18(5-3-15(2)23-20)21(26)24-17-4-6-19-16(13-17)7-10-22-19/h3-6,13-14,22H,7-12H2,1-2H3,(H,24,26). The first-order valence-electron chi connectivity index (χ1n) is 9.51. The first kappa shape index (κ1) is 16.9.